The Bertz CT molecular complexity index is 584. The van der Waals surface area contributed by atoms with Crippen molar-refractivity contribution in [1.82, 2.24) is 4.98 Å². The Labute approximate surface area is 96.0 Å². The van der Waals surface area contributed by atoms with Gasteiger partial charge in [0, 0.05) is 11.8 Å². The first-order valence-electron chi connectivity index (χ1n) is 4.75. The molecule has 2 rings (SSSR count). The number of benzene rings is 1. The zero-order chi connectivity index (χ0) is 12.4. The first-order chi connectivity index (χ1) is 8.08. The molecule has 86 valence electrons. The highest BCUT2D eigenvalue weighted by Crippen LogP contribution is 2.23. The van der Waals surface area contributed by atoms with Crippen LogP contribution in [0.3, 0.4) is 0 Å². The third-order valence-electron chi connectivity index (χ3n) is 2.26. The van der Waals surface area contributed by atoms with Crippen molar-refractivity contribution in [2.24, 2.45) is 0 Å². The summed E-state index contributed by atoms with van der Waals surface area (Å²) in [5.74, 6) is -2.17. The summed E-state index contributed by atoms with van der Waals surface area (Å²) in [5, 5.41) is 17.9. The summed E-state index contributed by atoms with van der Waals surface area (Å²) in [7, 11) is 0. The van der Waals surface area contributed by atoms with Crippen LogP contribution in [0.15, 0.2) is 36.7 Å². The maximum atomic E-state index is 13.4. The van der Waals surface area contributed by atoms with Crippen molar-refractivity contribution in [1.29, 1.82) is 0 Å². The lowest BCUT2D eigenvalue weighted by molar-refractivity contribution is 0.0692. The van der Waals surface area contributed by atoms with E-state index in [9.17, 15) is 14.3 Å². The predicted molar refractivity (Wildman–Crippen MR) is 58.3 cm³/mol. The molecule has 2 aromatic rings. The molecule has 0 unspecified atom stereocenters. The van der Waals surface area contributed by atoms with Crippen molar-refractivity contribution in [2.45, 2.75) is 0 Å². The molecule has 0 saturated carbocycles. The van der Waals surface area contributed by atoms with Gasteiger partial charge in [0.25, 0.3) is 0 Å². The van der Waals surface area contributed by atoms with Gasteiger partial charge in [0.15, 0.2) is 0 Å². The van der Waals surface area contributed by atoms with Gasteiger partial charge in [-0.1, -0.05) is 6.07 Å². The molecule has 0 aliphatic rings. The zero-order valence-electron chi connectivity index (χ0n) is 8.59. The fourth-order valence-electron chi connectivity index (χ4n) is 1.45. The average Bonchev–Trinajstić information content (AvgIpc) is 2.28. The van der Waals surface area contributed by atoms with Gasteiger partial charge in [-0.2, -0.15) is 0 Å². The van der Waals surface area contributed by atoms with E-state index in [1.54, 1.807) is 0 Å². The van der Waals surface area contributed by atoms with Crippen molar-refractivity contribution in [3.63, 3.8) is 0 Å². The third-order valence-corrected chi connectivity index (χ3v) is 2.26. The molecule has 4 nitrogen and oxygen atoms in total. The van der Waals surface area contributed by atoms with E-state index >= 15 is 0 Å². The minimum atomic E-state index is -1.32. The van der Waals surface area contributed by atoms with Crippen LogP contribution in [0.25, 0.3) is 11.1 Å². The van der Waals surface area contributed by atoms with Crippen molar-refractivity contribution >= 4 is 5.97 Å². The van der Waals surface area contributed by atoms with Crippen LogP contribution in [-0.4, -0.2) is 21.2 Å². The molecule has 1 heterocycles. The van der Waals surface area contributed by atoms with Gasteiger partial charge in [-0.05, 0) is 23.8 Å². The number of halogens is 1. The first kappa shape index (κ1) is 11.1. The lowest BCUT2D eigenvalue weighted by atomic mass is 10.1. The molecule has 0 saturated heterocycles. The highest BCUT2D eigenvalue weighted by atomic mass is 19.1. The van der Waals surface area contributed by atoms with Gasteiger partial charge >= 0.3 is 5.97 Å². The Kier molecular flexibility index (Phi) is 2.74. The van der Waals surface area contributed by atoms with Crippen molar-refractivity contribution in [3.8, 4) is 16.9 Å². The number of carboxylic acid groups (broad SMARTS) is 1. The Hall–Kier alpha value is -2.43. The van der Waals surface area contributed by atoms with Crippen LogP contribution in [0.1, 0.15) is 10.4 Å². The fourth-order valence-corrected chi connectivity index (χ4v) is 1.45. The van der Waals surface area contributed by atoms with E-state index in [1.807, 2.05) is 0 Å². The molecule has 0 amide bonds. The number of hydrogen-bond donors (Lipinski definition) is 2. The van der Waals surface area contributed by atoms with Gasteiger partial charge in [-0.25, -0.2) is 9.18 Å². The molecule has 1 aromatic carbocycles. The topological polar surface area (TPSA) is 70.4 Å². The summed E-state index contributed by atoms with van der Waals surface area (Å²) in [6.45, 7) is 0. The van der Waals surface area contributed by atoms with E-state index < -0.39 is 11.8 Å². The second-order valence-corrected chi connectivity index (χ2v) is 3.43. The van der Waals surface area contributed by atoms with E-state index in [0.29, 0.717) is 11.1 Å². The van der Waals surface area contributed by atoms with E-state index in [2.05, 4.69) is 4.98 Å². The van der Waals surface area contributed by atoms with Crippen molar-refractivity contribution < 1.29 is 19.4 Å². The molecule has 0 spiro atoms. The monoisotopic (exact) mass is 233 g/mol. The number of carboxylic acids is 1. The predicted octanol–water partition coefficient (Wildman–Crippen LogP) is 2.29. The molecule has 0 aliphatic carbocycles. The van der Waals surface area contributed by atoms with Crippen LogP contribution >= 0.6 is 0 Å². The number of aromatic carboxylic acids is 1. The molecule has 2 N–H and O–H groups in total. The lowest BCUT2D eigenvalue weighted by Crippen LogP contribution is -2.00. The lowest BCUT2D eigenvalue weighted by Gasteiger charge is -2.03. The molecule has 0 bridgehead atoms. The first-order valence-corrected chi connectivity index (χ1v) is 4.75. The fraction of sp³-hybridized carbons (Fsp3) is 0. The SMILES string of the molecule is O=C(O)c1ccc(-c2cncc(O)c2)cc1F. The van der Waals surface area contributed by atoms with Crippen LogP contribution in [0.4, 0.5) is 4.39 Å². The number of hydrogen-bond acceptors (Lipinski definition) is 3. The van der Waals surface area contributed by atoms with Crippen LogP contribution in [0.2, 0.25) is 0 Å². The average molecular weight is 233 g/mol. The van der Waals surface area contributed by atoms with Gasteiger partial charge in [-0.15, -0.1) is 0 Å². The second-order valence-electron chi connectivity index (χ2n) is 3.43. The normalized spacial score (nSPS) is 10.2. The molecule has 1 aromatic heterocycles. The largest absolute Gasteiger partial charge is 0.506 e. The Balaban J connectivity index is 2.48. The highest BCUT2D eigenvalue weighted by molar-refractivity contribution is 5.88. The number of carbonyl (C=O) groups is 1. The number of nitrogens with zero attached hydrogens (tertiary/aromatic N) is 1. The van der Waals surface area contributed by atoms with E-state index in [-0.39, 0.29) is 11.3 Å². The molecule has 17 heavy (non-hydrogen) atoms. The third kappa shape index (κ3) is 2.23. The smallest absolute Gasteiger partial charge is 0.338 e. The van der Waals surface area contributed by atoms with E-state index in [0.717, 1.165) is 6.07 Å². The summed E-state index contributed by atoms with van der Waals surface area (Å²) in [6.07, 6.45) is 2.71. The van der Waals surface area contributed by atoms with E-state index in [1.165, 1.54) is 30.6 Å². The molecule has 0 atom stereocenters. The molecule has 0 aliphatic heterocycles. The molecular formula is C12H8FNO3. The van der Waals surface area contributed by atoms with Crippen molar-refractivity contribution in [2.75, 3.05) is 0 Å². The van der Waals surface area contributed by atoms with Gasteiger partial charge in [0.1, 0.15) is 11.6 Å². The van der Waals surface area contributed by atoms with Gasteiger partial charge < -0.3 is 10.2 Å². The maximum Gasteiger partial charge on any atom is 0.338 e. The van der Waals surface area contributed by atoms with Crippen LogP contribution in [0, 0.1) is 5.82 Å². The molecule has 0 fully saturated rings. The second kappa shape index (κ2) is 4.21. The molecule has 0 radical (unpaired) electrons. The Morgan fingerprint density at radius 3 is 2.53 bits per heavy atom. The Morgan fingerprint density at radius 2 is 1.94 bits per heavy atom. The summed E-state index contributed by atoms with van der Waals surface area (Å²) >= 11 is 0. The maximum absolute atomic E-state index is 13.4. The number of pyridine rings is 1. The standard InChI is InChI=1S/C12H8FNO3/c13-11-4-7(1-2-10(11)12(16)17)8-3-9(15)6-14-5-8/h1-6,15H,(H,16,17). The zero-order valence-corrected chi connectivity index (χ0v) is 8.59. The minimum Gasteiger partial charge on any atom is -0.506 e. The van der Waals surface area contributed by atoms with Gasteiger partial charge in [0.05, 0.1) is 11.8 Å². The summed E-state index contributed by atoms with van der Waals surface area (Å²) in [6, 6.07) is 5.15. The highest BCUT2D eigenvalue weighted by Gasteiger charge is 2.11. The van der Waals surface area contributed by atoms with E-state index in [4.69, 9.17) is 5.11 Å². The number of rotatable bonds is 2. The minimum absolute atomic E-state index is 0.0368. The molecule has 5 heteroatoms. The molecular weight excluding hydrogens is 225 g/mol. The van der Waals surface area contributed by atoms with Crippen LogP contribution in [-0.2, 0) is 0 Å². The van der Waals surface area contributed by atoms with Crippen LogP contribution < -0.4 is 0 Å². The quantitative estimate of drug-likeness (QED) is 0.834. The van der Waals surface area contributed by atoms with Gasteiger partial charge in [0.2, 0.25) is 0 Å². The van der Waals surface area contributed by atoms with Crippen molar-refractivity contribution in [3.05, 3.63) is 48.0 Å². The Morgan fingerprint density at radius 1 is 1.18 bits per heavy atom. The number of aromatic hydroxyl groups is 1. The summed E-state index contributed by atoms with van der Waals surface area (Å²) in [4.78, 5) is 14.4. The summed E-state index contributed by atoms with van der Waals surface area (Å²) in [5.41, 5.74) is 0.582. The number of aromatic nitrogens is 1. The summed E-state index contributed by atoms with van der Waals surface area (Å²) < 4.78 is 13.4. The van der Waals surface area contributed by atoms with Crippen LogP contribution in [0.5, 0.6) is 5.75 Å². The van der Waals surface area contributed by atoms with Gasteiger partial charge in [-0.3, -0.25) is 4.98 Å².